The molecule has 7 heteroatoms. The number of benzene rings is 1. The van der Waals surface area contributed by atoms with E-state index in [1.54, 1.807) is 18.2 Å². The summed E-state index contributed by atoms with van der Waals surface area (Å²) in [4.78, 5) is 26.4. The van der Waals surface area contributed by atoms with Gasteiger partial charge in [0.1, 0.15) is 10.7 Å². The Labute approximate surface area is 120 Å². The summed E-state index contributed by atoms with van der Waals surface area (Å²) in [5, 5.41) is 6.26. The van der Waals surface area contributed by atoms with E-state index in [-0.39, 0.29) is 11.8 Å². The zero-order chi connectivity index (χ0) is 14.7. The molecule has 1 aromatic carbocycles. The number of thiazole rings is 1. The highest BCUT2D eigenvalue weighted by atomic mass is 32.1. The Bertz CT molecular complexity index is 666. The molecule has 0 radical (unpaired) electrons. The molecule has 104 valence electrons. The molecule has 0 fully saturated rings. The molecular formula is C13H14N4O2S. The van der Waals surface area contributed by atoms with E-state index in [9.17, 15) is 9.59 Å². The van der Waals surface area contributed by atoms with Gasteiger partial charge in [-0.15, -0.1) is 0 Å². The number of carbonyl (C=O) groups excluding carboxylic acids is 2. The zero-order valence-corrected chi connectivity index (χ0v) is 11.9. The Balaban J connectivity index is 2.33. The maximum Gasteiger partial charge on any atom is 0.223 e. The molecule has 0 aliphatic rings. The molecule has 0 unspecified atom stereocenters. The van der Waals surface area contributed by atoms with Gasteiger partial charge in [0.15, 0.2) is 5.13 Å². The summed E-state index contributed by atoms with van der Waals surface area (Å²) >= 11 is 1.20. The summed E-state index contributed by atoms with van der Waals surface area (Å²) in [5.41, 5.74) is 7.96. The first-order valence-electron chi connectivity index (χ1n) is 5.87. The normalized spacial score (nSPS) is 10.1. The molecule has 4 N–H and O–H groups in total. The average Bonchev–Trinajstić information content (AvgIpc) is 2.68. The van der Waals surface area contributed by atoms with Crippen molar-refractivity contribution in [3.05, 3.63) is 24.3 Å². The second-order valence-corrected chi connectivity index (χ2v) is 5.21. The van der Waals surface area contributed by atoms with Crippen LogP contribution in [0.15, 0.2) is 24.3 Å². The highest BCUT2D eigenvalue weighted by Crippen LogP contribution is 2.34. The van der Waals surface area contributed by atoms with Crippen LogP contribution in [-0.2, 0) is 9.59 Å². The molecule has 0 saturated carbocycles. The van der Waals surface area contributed by atoms with Gasteiger partial charge in [0, 0.05) is 25.1 Å². The molecule has 0 aliphatic heterocycles. The van der Waals surface area contributed by atoms with Crippen LogP contribution in [0.3, 0.4) is 0 Å². The van der Waals surface area contributed by atoms with Crippen molar-refractivity contribution in [1.82, 2.24) is 4.98 Å². The van der Waals surface area contributed by atoms with Gasteiger partial charge in [-0.1, -0.05) is 23.5 Å². The lowest BCUT2D eigenvalue weighted by molar-refractivity contribution is -0.115. The fourth-order valence-electron chi connectivity index (χ4n) is 1.69. The van der Waals surface area contributed by atoms with Gasteiger partial charge in [-0.2, -0.15) is 0 Å². The second-order valence-electron chi connectivity index (χ2n) is 4.18. The summed E-state index contributed by atoms with van der Waals surface area (Å²) in [7, 11) is 0. The van der Waals surface area contributed by atoms with Gasteiger partial charge in [0.2, 0.25) is 11.8 Å². The van der Waals surface area contributed by atoms with Crippen molar-refractivity contribution in [3.8, 4) is 11.3 Å². The number of nitrogens with two attached hydrogens (primary N) is 1. The predicted molar refractivity (Wildman–Crippen MR) is 80.6 cm³/mol. The van der Waals surface area contributed by atoms with Gasteiger partial charge >= 0.3 is 0 Å². The SMILES string of the molecule is CC(=O)Nc1cccc(-c2nc(NC(C)=O)sc2N)c1. The summed E-state index contributed by atoms with van der Waals surface area (Å²) in [6.45, 7) is 2.85. The number of amides is 2. The van der Waals surface area contributed by atoms with E-state index in [0.717, 1.165) is 5.56 Å². The van der Waals surface area contributed by atoms with Crippen molar-refractivity contribution >= 4 is 39.0 Å². The van der Waals surface area contributed by atoms with Crippen LogP contribution >= 0.6 is 11.3 Å². The monoisotopic (exact) mass is 290 g/mol. The Morgan fingerprint density at radius 2 is 1.90 bits per heavy atom. The van der Waals surface area contributed by atoms with Crippen molar-refractivity contribution in [2.24, 2.45) is 0 Å². The van der Waals surface area contributed by atoms with Crippen LogP contribution in [0, 0.1) is 0 Å². The van der Waals surface area contributed by atoms with Crippen LogP contribution in [0.25, 0.3) is 11.3 Å². The molecule has 0 atom stereocenters. The smallest absolute Gasteiger partial charge is 0.223 e. The minimum Gasteiger partial charge on any atom is -0.389 e. The van der Waals surface area contributed by atoms with Gasteiger partial charge in [-0.3, -0.25) is 9.59 Å². The number of carbonyl (C=O) groups is 2. The molecule has 6 nitrogen and oxygen atoms in total. The fourth-order valence-corrected chi connectivity index (χ4v) is 2.49. The van der Waals surface area contributed by atoms with Gasteiger partial charge in [-0.25, -0.2) is 4.98 Å². The van der Waals surface area contributed by atoms with Crippen LogP contribution in [0.1, 0.15) is 13.8 Å². The molecule has 2 rings (SSSR count). The number of nitrogens with zero attached hydrogens (tertiary/aromatic N) is 1. The topological polar surface area (TPSA) is 97.1 Å². The van der Waals surface area contributed by atoms with E-state index in [4.69, 9.17) is 5.73 Å². The van der Waals surface area contributed by atoms with Crippen molar-refractivity contribution < 1.29 is 9.59 Å². The lowest BCUT2D eigenvalue weighted by Gasteiger charge is -2.04. The van der Waals surface area contributed by atoms with Crippen LogP contribution in [0.4, 0.5) is 15.8 Å². The molecule has 0 bridgehead atoms. The van der Waals surface area contributed by atoms with Crippen LogP contribution in [-0.4, -0.2) is 16.8 Å². The first kappa shape index (κ1) is 14.0. The Morgan fingerprint density at radius 3 is 2.55 bits per heavy atom. The van der Waals surface area contributed by atoms with Crippen molar-refractivity contribution in [3.63, 3.8) is 0 Å². The minimum absolute atomic E-state index is 0.146. The van der Waals surface area contributed by atoms with Crippen molar-refractivity contribution in [2.45, 2.75) is 13.8 Å². The minimum atomic E-state index is -0.197. The van der Waals surface area contributed by atoms with Crippen molar-refractivity contribution in [1.29, 1.82) is 0 Å². The summed E-state index contributed by atoms with van der Waals surface area (Å²) in [6, 6.07) is 7.21. The predicted octanol–water partition coefficient (Wildman–Crippen LogP) is 2.31. The molecular weight excluding hydrogens is 276 g/mol. The Morgan fingerprint density at radius 1 is 1.20 bits per heavy atom. The number of rotatable bonds is 3. The molecule has 0 aliphatic carbocycles. The lowest BCUT2D eigenvalue weighted by atomic mass is 10.1. The number of nitrogens with one attached hydrogen (secondary N) is 2. The Kier molecular flexibility index (Phi) is 3.99. The molecule has 1 aromatic heterocycles. The quantitative estimate of drug-likeness (QED) is 0.808. The van der Waals surface area contributed by atoms with E-state index in [1.807, 2.05) is 6.07 Å². The van der Waals surface area contributed by atoms with E-state index in [1.165, 1.54) is 25.2 Å². The van der Waals surface area contributed by atoms with Gasteiger partial charge in [0.05, 0.1) is 0 Å². The summed E-state index contributed by atoms with van der Waals surface area (Å²) < 4.78 is 0. The van der Waals surface area contributed by atoms with E-state index >= 15 is 0 Å². The Hall–Kier alpha value is -2.41. The highest BCUT2D eigenvalue weighted by Gasteiger charge is 2.12. The molecule has 0 saturated heterocycles. The highest BCUT2D eigenvalue weighted by molar-refractivity contribution is 7.20. The van der Waals surface area contributed by atoms with Crippen LogP contribution in [0.5, 0.6) is 0 Å². The average molecular weight is 290 g/mol. The summed E-state index contributed by atoms with van der Waals surface area (Å²) in [6.07, 6.45) is 0. The van der Waals surface area contributed by atoms with Crippen LogP contribution in [0.2, 0.25) is 0 Å². The second kappa shape index (κ2) is 5.70. The van der Waals surface area contributed by atoms with Gasteiger partial charge in [-0.05, 0) is 12.1 Å². The van der Waals surface area contributed by atoms with E-state index < -0.39 is 0 Å². The first-order valence-corrected chi connectivity index (χ1v) is 6.69. The molecule has 0 spiro atoms. The molecule has 2 amide bonds. The van der Waals surface area contributed by atoms with Gasteiger partial charge < -0.3 is 16.4 Å². The zero-order valence-electron chi connectivity index (χ0n) is 11.1. The number of anilines is 3. The van der Waals surface area contributed by atoms with Crippen LogP contribution < -0.4 is 16.4 Å². The standard InChI is InChI=1S/C13H14N4O2S/c1-7(18)15-10-5-3-4-9(6-10)11-12(14)20-13(17-11)16-8(2)19/h3-6H,14H2,1-2H3,(H,15,18)(H,16,17,19). The molecule has 20 heavy (non-hydrogen) atoms. The van der Waals surface area contributed by atoms with Gasteiger partial charge in [0.25, 0.3) is 0 Å². The maximum atomic E-state index is 11.1. The largest absolute Gasteiger partial charge is 0.389 e. The lowest BCUT2D eigenvalue weighted by Crippen LogP contribution is -2.05. The first-order chi connectivity index (χ1) is 9.45. The van der Waals surface area contributed by atoms with E-state index in [2.05, 4.69) is 15.6 Å². The number of hydrogen-bond donors (Lipinski definition) is 3. The third kappa shape index (κ3) is 3.33. The van der Waals surface area contributed by atoms with E-state index in [0.29, 0.717) is 21.5 Å². The third-order valence-corrected chi connectivity index (χ3v) is 3.19. The van der Waals surface area contributed by atoms with Crippen molar-refractivity contribution in [2.75, 3.05) is 16.4 Å². The molecule has 2 aromatic rings. The number of aromatic nitrogens is 1. The fraction of sp³-hybridized carbons (Fsp3) is 0.154. The number of nitrogen functional groups attached to an aromatic ring is 1. The maximum absolute atomic E-state index is 11.1. The molecule has 1 heterocycles. The third-order valence-electron chi connectivity index (χ3n) is 2.39. The number of hydrogen-bond acceptors (Lipinski definition) is 5. The summed E-state index contributed by atoms with van der Waals surface area (Å²) in [5.74, 6) is -0.343.